The van der Waals surface area contributed by atoms with Crippen LogP contribution < -0.4 is 0 Å². The van der Waals surface area contributed by atoms with Gasteiger partial charge in [0.2, 0.25) is 0 Å². The molecule has 0 atom stereocenters. The smallest absolute Gasteiger partial charge is 0.254 e. The van der Waals surface area contributed by atoms with Crippen LogP contribution in [0.25, 0.3) is 0 Å². The van der Waals surface area contributed by atoms with Gasteiger partial charge in [0.05, 0.1) is 12.7 Å². The number of hydrogen-bond donors (Lipinski definition) is 0. The summed E-state index contributed by atoms with van der Waals surface area (Å²) in [5.74, 6) is -0.435. The zero-order valence-corrected chi connectivity index (χ0v) is 12.6. The van der Waals surface area contributed by atoms with Gasteiger partial charge in [-0.25, -0.2) is 4.39 Å². The summed E-state index contributed by atoms with van der Waals surface area (Å²) in [4.78, 5) is 13.8. The van der Waals surface area contributed by atoms with Crippen LogP contribution in [0, 0.1) is 5.82 Å². The minimum Gasteiger partial charge on any atom is -0.370 e. The van der Waals surface area contributed by atoms with E-state index in [2.05, 4.69) is 0 Å². The van der Waals surface area contributed by atoms with Gasteiger partial charge in [-0.3, -0.25) is 4.79 Å². The zero-order valence-electron chi connectivity index (χ0n) is 11.8. The lowest BCUT2D eigenvalue weighted by Crippen LogP contribution is -2.54. The highest BCUT2D eigenvalue weighted by Crippen LogP contribution is 2.18. The van der Waals surface area contributed by atoms with Crippen molar-refractivity contribution < 1.29 is 13.9 Å². The van der Waals surface area contributed by atoms with Crippen molar-refractivity contribution in [3.05, 3.63) is 70.5 Å². The van der Waals surface area contributed by atoms with Gasteiger partial charge >= 0.3 is 0 Å². The molecule has 0 spiro atoms. The Kier molecular flexibility index (Phi) is 4.41. The van der Waals surface area contributed by atoms with Gasteiger partial charge in [-0.05, 0) is 42.0 Å². The van der Waals surface area contributed by atoms with Crippen LogP contribution in [0.5, 0.6) is 0 Å². The Morgan fingerprint density at radius 2 is 1.77 bits per heavy atom. The molecule has 5 heteroatoms. The normalized spacial score (nSPS) is 14.7. The van der Waals surface area contributed by atoms with Gasteiger partial charge in [0.1, 0.15) is 5.82 Å². The Balaban J connectivity index is 1.46. The van der Waals surface area contributed by atoms with Crippen LogP contribution in [0.15, 0.2) is 48.5 Å². The monoisotopic (exact) mass is 319 g/mol. The molecule has 0 N–H and O–H groups in total. The van der Waals surface area contributed by atoms with Crippen molar-refractivity contribution in [3.63, 3.8) is 0 Å². The van der Waals surface area contributed by atoms with Crippen molar-refractivity contribution in [2.24, 2.45) is 0 Å². The Labute approximate surface area is 133 Å². The molecule has 1 heterocycles. The van der Waals surface area contributed by atoms with E-state index in [4.69, 9.17) is 16.3 Å². The first-order valence-corrected chi connectivity index (χ1v) is 7.40. The molecule has 1 amide bonds. The Bertz CT molecular complexity index is 651. The second-order valence-corrected chi connectivity index (χ2v) is 5.71. The summed E-state index contributed by atoms with van der Waals surface area (Å²) in [6.07, 6.45) is 0.0417. The van der Waals surface area contributed by atoms with E-state index in [1.165, 1.54) is 24.3 Å². The SMILES string of the molecule is O=C(c1ccc(F)cc1)N1CC(OCc2ccc(Cl)cc2)C1. The average molecular weight is 320 g/mol. The van der Waals surface area contributed by atoms with E-state index in [0.29, 0.717) is 30.3 Å². The third-order valence-electron chi connectivity index (χ3n) is 3.63. The van der Waals surface area contributed by atoms with E-state index >= 15 is 0 Å². The molecule has 22 heavy (non-hydrogen) atoms. The number of benzene rings is 2. The molecule has 0 aliphatic carbocycles. The number of ether oxygens (including phenoxy) is 1. The lowest BCUT2D eigenvalue weighted by atomic mass is 10.1. The number of nitrogens with zero attached hydrogens (tertiary/aromatic N) is 1. The van der Waals surface area contributed by atoms with Crippen molar-refractivity contribution in [2.75, 3.05) is 13.1 Å². The largest absolute Gasteiger partial charge is 0.370 e. The highest BCUT2D eigenvalue weighted by molar-refractivity contribution is 6.30. The standard InChI is InChI=1S/C17H15ClFNO2/c18-14-5-1-12(2-6-14)11-22-16-9-20(10-16)17(21)13-3-7-15(19)8-4-13/h1-8,16H,9-11H2. The van der Waals surface area contributed by atoms with Gasteiger partial charge in [-0.1, -0.05) is 23.7 Å². The molecule has 1 fully saturated rings. The third kappa shape index (κ3) is 3.46. The number of amides is 1. The lowest BCUT2D eigenvalue weighted by Gasteiger charge is -2.39. The minimum atomic E-state index is -0.343. The third-order valence-corrected chi connectivity index (χ3v) is 3.88. The second-order valence-electron chi connectivity index (χ2n) is 5.28. The van der Waals surface area contributed by atoms with Crippen LogP contribution in [0.2, 0.25) is 5.02 Å². The molecule has 1 saturated heterocycles. The predicted molar refractivity (Wildman–Crippen MR) is 82.3 cm³/mol. The van der Waals surface area contributed by atoms with Gasteiger partial charge < -0.3 is 9.64 Å². The number of halogens is 2. The van der Waals surface area contributed by atoms with Crippen molar-refractivity contribution in [3.8, 4) is 0 Å². The van der Waals surface area contributed by atoms with Gasteiger partial charge in [0.15, 0.2) is 0 Å². The van der Waals surface area contributed by atoms with Crippen molar-refractivity contribution in [1.82, 2.24) is 4.90 Å². The van der Waals surface area contributed by atoms with Crippen LogP contribution >= 0.6 is 11.6 Å². The summed E-state index contributed by atoms with van der Waals surface area (Å²) in [6.45, 7) is 1.62. The fraction of sp³-hybridized carbons (Fsp3) is 0.235. The van der Waals surface area contributed by atoms with E-state index in [1.54, 1.807) is 4.90 Å². The summed E-state index contributed by atoms with van der Waals surface area (Å²) in [5, 5.41) is 0.698. The summed E-state index contributed by atoms with van der Waals surface area (Å²) >= 11 is 5.83. The molecule has 0 aromatic heterocycles. The van der Waals surface area contributed by atoms with E-state index in [9.17, 15) is 9.18 Å². The highest BCUT2D eigenvalue weighted by Gasteiger charge is 2.31. The fourth-order valence-corrected chi connectivity index (χ4v) is 2.41. The molecule has 2 aromatic rings. The summed E-state index contributed by atoms with van der Waals surface area (Å²) in [6, 6.07) is 13.1. The number of carbonyl (C=O) groups excluding carboxylic acids is 1. The van der Waals surface area contributed by atoms with Gasteiger partial charge in [-0.15, -0.1) is 0 Å². The topological polar surface area (TPSA) is 29.5 Å². The fourth-order valence-electron chi connectivity index (χ4n) is 2.28. The Hall–Kier alpha value is -1.91. The van der Waals surface area contributed by atoms with Gasteiger partial charge in [-0.2, -0.15) is 0 Å². The summed E-state index contributed by atoms with van der Waals surface area (Å²) < 4.78 is 18.6. The Morgan fingerprint density at radius 3 is 2.41 bits per heavy atom. The van der Waals surface area contributed by atoms with E-state index in [-0.39, 0.29) is 17.8 Å². The quantitative estimate of drug-likeness (QED) is 0.863. The molecule has 0 unspecified atom stereocenters. The lowest BCUT2D eigenvalue weighted by molar-refractivity contribution is -0.0503. The molecular formula is C17H15ClFNO2. The van der Waals surface area contributed by atoms with Crippen molar-refractivity contribution in [2.45, 2.75) is 12.7 Å². The van der Waals surface area contributed by atoms with Crippen LogP contribution in [0.3, 0.4) is 0 Å². The highest BCUT2D eigenvalue weighted by atomic mass is 35.5. The maximum Gasteiger partial charge on any atom is 0.254 e. The first-order chi connectivity index (χ1) is 10.6. The molecule has 1 aliphatic rings. The Morgan fingerprint density at radius 1 is 1.14 bits per heavy atom. The van der Waals surface area contributed by atoms with E-state index in [0.717, 1.165) is 5.56 Å². The first kappa shape index (κ1) is 15.0. The molecule has 3 rings (SSSR count). The molecule has 114 valence electrons. The number of carbonyl (C=O) groups is 1. The maximum atomic E-state index is 12.8. The summed E-state index contributed by atoms with van der Waals surface area (Å²) in [7, 11) is 0. The molecule has 0 radical (unpaired) electrons. The van der Waals surface area contributed by atoms with Crippen LogP contribution in [-0.2, 0) is 11.3 Å². The first-order valence-electron chi connectivity index (χ1n) is 7.03. The molecule has 3 nitrogen and oxygen atoms in total. The van der Waals surface area contributed by atoms with Crippen LogP contribution in [-0.4, -0.2) is 30.0 Å². The molecular weight excluding hydrogens is 305 g/mol. The minimum absolute atomic E-state index is 0.0417. The molecule has 1 aliphatic heterocycles. The second kappa shape index (κ2) is 6.46. The molecule has 0 bridgehead atoms. The van der Waals surface area contributed by atoms with Crippen molar-refractivity contribution >= 4 is 17.5 Å². The van der Waals surface area contributed by atoms with E-state index < -0.39 is 0 Å². The number of rotatable bonds is 4. The number of hydrogen-bond acceptors (Lipinski definition) is 2. The average Bonchev–Trinajstić information content (AvgIpc) is 2.48. The predicted octanol–water partition coefficient (Wildman–Crippen LogP) is 3.52. The summed E-state index contributed by atoms with van der Waals surface area (Å²) in [5.41, 5.74) is 1.55. The van der Waals surface area contributed by atoms with Gasteiger partial charge in [0, 0.05) is 23.7 Å². The molecule has 2 aromatic carbocycles. The van der Waals surface area contributed by atoms with Crippen LogP contribution in [0.1, 0.15) is 15.9 Å². The van der Waals surface area contributed by atoms with Gasteiger partial charge in [0.25, 0.3) is 5.91 Å². The van der Waals surface area contributed by atoms with Crippen molar-refractivity contribution in [1.29, 1.82) is 0 Å². The van der Waals surface area contributed by atoms with Crippen LogP contribution in [0.4, 0.5) is 4.39 Å². The number of likely N-dealkylation sites (tertiary alicyclic amines) is 1. The molecule has 0 saturated carbocycles. The van der Waals surface area contributed by atoms with E-state index in [1.807, 2.05) is 24.3 Å². The maximum absolute atomic E-state index is 12.8. The zero-order chi connectivity index (χ0) is 15.5.